The van der Waals surface area contributed by atoms with Crippen LogP contribution in [0.3, 0.4) is 0 Å². The van der Waals surface area contributed by atoms with E-state index < -0.39 is 0 Å². The van der Waals surface area contributed by atoms with Gasteiger partial charge in [0.15, 0.2) is 0 Å². The quantitative estimate of drug-likeness (QED) is 0.660. The van der Waals surface area contributed by atoms with Crippen LogP contribution in [0.4, 0.5) is 0 Å². The van der Waals surface area contributed by atoms with Crippen molar-refractivity contribution in [2.45, 2.75) is 32.8 Å². The second kappa shape index (κ2) is 8.86. The summed E-state index contributed by atoms with van der Waals surface area (Å²) in [6.45, 7) is 10.4. The molecule has 1 aliphatic heterocycles. The van der Waals surface area contributed by atoms with Crippen LogP contribution in [-0.4, -0.2) is 62.0 Å². The molecule has 1 rings (SSSR count). The molecule has 0 aromatic heterocycles. The van der Waals surface area contributed by atoms with Crippen LogP contribution in [0.2, 0.25) is 0 Å². The molecule has 0 bridgehead atoms. The fraction of sp³-hybridized carbons (Fsp3) is 1.00. The van der Waals surface area contributed by atoms with E-state index in [1.54, 1.807) is 0 Å². The average molecular weight is 244 g/mol. The Morgan fingerprint density at radius 2 is 1.82 bits per heavy atom. The number of hydrogen-bond acceptors (Lipinski definition) is 4. The molecule has 0 radical (unpaired) electrons. The lowest BCUT2D eigenvalue weighted by Crippen LogP contribution is -2.44. The minimum absolute atomic E-state index is 0.262. The Labute approximate surface area is 105 Å². The predicted octanol–water partition coefficient (Wildman–Crippen LogP) is 0.705. The van der Waals surface area contributed by atoms with Gasteiger partial charge < -0.3 is 15.2 Å². The molecule has 17 heavy (non-hydrogen) atoms. The second-order valence-electron chi connectivity index (χ2n) is 4.91. The molecule has 2 N–H and O–H groups in total. The highest BCUT2D eigenvalue weighted by molar-refractivity contribution is 4.70. The van der Waals surface area contributed by atoms with Crippen molar-refractivity contribution < 1.29 is 9.84 Å². The van der Waals surface area contributed by atoms with Crippen molar-refractivity contribution in [3.05, 3.63) is 0 Å². The SMILES string of the molecule is CCC(CC)CNCC(O)CN1CCOCC1. The van der Waals surface area contributed by atoms with Gasteiger partial charge in [-0.15, -0.1) is 0 Å². The standard InChI is InChI=1S/C13H28N2O2/c1-3-12(4-2)9-14-10-13(16)11-15-5-7-17-8-6-15/h12-14,16H,3-11H2,1-2H3. The maximum Gasteiger partial charge on any atom is 0.0791 e. The molecule has 0 aromatic rings. The summed E-state index contributed by atoms with van der Waals surface area (Å²) in [6, 6.07) is 0. The number of hydrogen-bond donors (Lipinski definition) is 2. The van der Waals surface area contributed by atoms with E-state index in [1.165, 1.54) is 12.8 Å². The molecule has 1 fully saturated rings. The predicted molar refractivity (Wildman–Crippen MR) is 70.2 cm³/mol. The first-order valence-corrected chi connectivity index (χ1v) is 6.95. The number of ether oxygens (including phenoxy) is 1. The topological polar surface area (TPSA) is 44.7 Å². The molecular formula is C13H28N2O2. The van der Waals surface area contributed by atoms with Gasteiger partial charge in [-0.1, -0.05) is 26.7 Å². The zero-order valence-electron chi connectivity index (χ0n) is 11.3. The van der Waals surface area contributed by atoms with Crippen molar-refractivity contribution in [3.8, 4) is 0 Å². The Hall–Kier alpha value is -0.160. The molecule has 102 valence electrons. The molecule has 0 aromatic carbocycles. The number of nitrogens with zero attached hydrogens (tertiary/aromatic N) is 1. The number of aliphatic hydroxyl groups excluding tert-OH is 1. The lowest BCUT2D eigenvalue weighted by Gasteiger charge is -2.28. The number of morpholine rings is 1. The first kappa shape index (κ1) is 14.9. The summed E-state index contributed by atoms with van der Waals surface area (Å²) in [5.74, 6) is 0.741. The molecule has 0 spiro atoms. The van der Waals surface area contributed by atoms with Crippen molar-refractivity contribution >= 4 is 0 Å². The van der Waals surface area contributed by atoms with Crippen molar-refractivity contribution in [1.29, 1.82) is 0 Å². The zero-order chi connectivity index (χ0) is 12.5. The Balaban J connectivity index is 2.05. The molecule has 1 heterocycles. The van der Waals surface area contributed by atoms with Gasteiger partial charge in [0, 0.05) is 26.2 Å². The average Bonchev–Trinajstić information content (AvgIpc) is 2.36. The van der Waals surface area contributed by atoms with Gasteiger partial charge in [0.1, 0.15) is 0 Å². The molecular weight excluding hydrogens is 216 g/mol. The van der Waals surface area contributed by atoms with E-state index in [4.69, 9.17) is 4.74 Å². The summed E-state index contributed by atoms with van der Waals surface area (Å²) in [4.78, 5) is 2.27. The van der Waals surface area contributed by atoms with Crippen molar-refractivity contribution in [3.63, 3.8) is 0 Å². The van der Waals surface area contributed by atoms with Gasteiger partial charge in [-0.05, 0) is 12.5 Å². The zero-order valence-corrected chi connectivity index (χ0v) is 11.3. The maximum absolute atomic E-state index is 9.91. The third kappa shape index (κ3) is 6.36. The van der Waals surface area contributed by atoms with E-state index in [9.17, 15) is 5.11 Å². The molecule has 0 saturated carbocycles. The van der Waals surface area contributed by atoms with Gasteiger partial charge in [0.05, 0.1) is 19.3 Å². The van der Waals surface area contributed by atoms with Gasteiger partial charge in [0.25, 0.3) is 0 Å². The van der Waals surface area contributed by atoms with Crippen molar-refractivity contribution in [2.75, 3.05) is 45.9 Å². The van der Waals surface area contributed by atoms with Gasteiger partial charge in [-0.3, -0.25) is 4.90 Å². The van der Waals surface area contributed by atoms with Crippen molar-refractivity contribution in [2.24, 2.45) is 5.92 Å². The third-order valence-electron chi connectivity index (χ3n) is 3.54. The Morgan fingerprint density at radius 1 is 1.18 bits per heavy atom. The van der Waals surface area contributed by atoms with Crippen LogP contribution in [0.15, 0.2) is 0 Å². The smallest absolute Gasteiger partial charge is 0.0791 e. The van der Waals surface area contributed by atoms with E-state index >= 15 is 0 Å². The summed E-state index contributed by atoms with van der Waals surface area (Å²) in [5.41, 5.74) is 0. The highest BCUT2D eigenvalue weighted by Crippen LogP contribution is 2.05. The van der Waals surface area contributed by atoms with Gasteiger partial charge in [-0.2, -0.15) is 0 Å². The summed E-state index contributed by atoms with van der Waals surface area (Å²) in [6.07, 6.45) is 2.16. The van der Waals surface area contributed by atoms with Crippen LogP contribution in [0.1, 0.15) is 26.7 Å². The van der Waals surface area contributed by atoms with E-state index in [-0.39, 0.29) is 6.10 Å². The molecule has 4 nitrogen and oxygen atoms in total. The largest absolute Gasteiger partial charge is 0.390 e. The molecule has 1 unspecified atom stereocenters. The number of rotatable bonds is 8. The normalized spacial score (nSPS) is 19.8. The molecule has 0 amide bonds. The molecule has 4 heteroatoms. The van der Waals surface area contributed by atoms with Gasteiger partial charge in [0.2, 0.25) is 0 Å². The maximum atomic E-state index is 9.91. The first-order valence-electron chi connectivity index (χ1n) is 6.95. The van der Waals surface area contributed by atoms with Crippen molar-refractivity contribution in [1.82, 2.24) is 10.2 Å². The monoisotopic (exact) mass is 244 g/mol. The van der Waals surface area contributed by atoms with E-state index in [2.05, 4.69) is 24.1 Å². The van der Waals surface area contributed by atoms with Crippen LogP contribution < -0.4 is 5.32 Å². The summed E-state index contributed by atoms with van der Waals surface area (Å²) in [5, 5.41) is 13.3. The number of aliphatic hydroxyl groups is 1. The Kier molecular flexibility index (Phi) is 7.77. The van der Waals surface area contributed by atoms with Crippen LogP contribution >= 0.6 is 0 Å². The van der Waals surface area contributed by atoms with Gasteiger partial charge in [-0.25, -0.2) is 0 Å². The summed E-state index contributed by atoms with van der Waals surface area (Å²) < 4.78 is 5.28. The molecule has 1 atom stereocenters. The summed E-state index contributed by atoms with van der Waals surface area (Å²) >= 11 is 0. The lowest BCUT2D eigenvalue weighted by molar-refractivity contribution is 0.0148. The number of β-amino-alcohol motifs (C(OH)–C–C–N with tert-alkyl or cyclic N) is 1. The summed E-state index contributed by atoms with van der Waals surface area (Å²) in [7, 11) is 0. The molecule has 1 aliphatic rings. The van der Waals surface area contributed by atoms with Crippen LogP contribution in [0, 0.1) is 5.92 Å². The third-order valence-corrected chi connectivity index (χ3v) is 3.54. The fourth-order valence-electron chi connectivity index (χ4n) is 2.18. The fourth-order valence-corrected chi connectivity index (χ4v) is 2.18. The Morgan fingerprint density at radius 3 is 2.41 bits per heavy atom. The number of nitrogens with one attached hydrogen (secondary N) is 1. The van der Waals surface area contributed by atoms with E-state index in [0.29, 0.717) is 6.54 Å². The van der Waals surface area contributed by atoms with E-state index in [1.807, 2.05) is 0 Å². The van der Waals surface area contributed by atoms with Crippen LogP contribution in [-0.2, 0) is 4.74 Å². The van der Waals surface area contributed by atoms with Gasteiger partial charge >= 0.3 is 0 Å². The highest BCUT2D eigenvalue weighted by Gasteiger charge is 2.14. The first-order chi connectivity index (χ1) is 8.26. The van der Waals surface area contributed by atoms with Crippen LogP contribution in [0.25, 0.3) is 0 Å². The Bertz CT molecular complexity index is 180. The second-order valence-corrected chi connectivity index (χ2v) is 4.91. The van der Waals surface area contributed by atoms with Crippen LogP contribution in [0.5, 0.6) is 0 Å². The lowest BCUT2D eigenvalue weighted by atomic mass is 10.0. The minimum atomic E-state index is -0.262. The van der Waals surface area contributed by atoms with E-state index in [0.717, 1.165) is 45.3 Å². The molecule has 1 saturated heterocycles. The highest BCUT2D eigenvalue weighted by atomic mass is 16.5. The minimum Gasteiger partial charge on any atom is -0.390 e. The molecule has 0 aliphatic carbocycles.